The standard InChI is InChI=1S/C16H18ClNO/c1-11-10-18-15(17)9-14(11)19-13-7-5-12(6-8-13)16(2,3)4/h5-10H,1-4H3. The van der Waals surface area contributed by atoms with Gasteiger partial charge in [0.05, 0.1) is 0 Å². The van der Waals surface area contributed by atoms with Crippen molar-refractivity contribution in [2.75, 3.05) is 0 Å². The largest absolute Gasteiger partial charge is 0.457 e. The van der Waals surface area contributed by atoms with Gasteiger partial charge in [-0.2, -0.15) is 0 Å². The van der Waals surface area contributed by atoms with Gasteiger partial charge >= 0.3 is 0 Å². The summed E-state index contributed by atoms with van der Waals surface area (Å²) in [6.07, 6.45) is 1.71. The number of ether oxygens (including phenoxy) is 1. The fourth-order valence-electron chi connectivity index (χ4n) is 1.74. The Kier molecular flexibility index (Phi) is 3.81. The van der Waals surface area contributed by atoms with E-state index in [1.807, 2.05) is 19.1 Å². The summed E-state index contributed by atoms with van der Waals surface area (Å²) in [5.41, 5.74) is 2.39. The highest BCUT2D eigenvalue weighted by Crippen LogP contribution is 2.29. The van der Waals surface area contributed by atoms with Crippen molar-refractivity contribution in [2.24, 2.45) is 0 Å². The van der Waals surface area contributed by atoms with E-state index >= 15 is 0 Å². The van der Waals surface area contributed by atoms with Crippen LogP contribution in [-0.2, 0) is 5.41 Å². The topological polar surface area (TPSA) is 22.1 Å². The molecule has 0 bridgehead atoms. The van der Waals surface area contributed by atoms with Crippen LogP contribution in [0.2, 0.25) is 5.15 Å². The molecule has 0 unspecified atom stereocenters. The van der Waals surface area contributed by atoms with Gasteiger partial charge in [0.1, 0.15) is 16.7 Å². The molecule has 100 valence electrons. The van der Waals surface area contributed by atoms with Gasteiger partial charge in [-0.1, -0.05) is 44.5 Å². The van der Waals surface area contributed by atoms with Crippen LogP contribution in [-0.4, -0.2) is 4.98 Å². The SMILES string of the molecule is Cc1cnc(Cl)cc1Oc1ccc(C(C)(C)C)cc1. The molecule has 0 radical (unpaired) electrons. The van der Waals surface area contributed by atoms with Gasteiger partial charge < -0.3 is 4.74 Å². The molecule has 0 aliphatic heterocycles. The minimum atomic E-state index is 0.147. The monoisotopic (exact) mass is 275 g/mol. The van der Waals surface area contributed by atoms with E-state index in [2.05, 4.69) is 37.9 Å². The van der Waals surface area contributed by atoms with E-state index in [-0.39, 0.29) is 5.41 Å². The molecule has 2 rings (SSSR count). The third kappa shape index (κ3) is 3.48. The van der Waals surface area contributed by atoms with Crippen molar-refractivity contribution in [1.82, 2.24) is 4.98 Å². The Bertz CT molecular complexity index is 570. The zero-order valence-corrected chi connectivity index (χ0v) is 12.5. The molecule has 0 atom stereocenters. The molecule has 0 saturated carbocycles. The first kappa shape index (κ1) is 13.9. The summed E-state index contributed by atoms with van der Waals surface area (Å²) in [6, 6.07) is 9.87. The van der Waals surface area contributed by atoms with Crippen molar-refractivity contribution in [2.45, 2.75) is 33.1 Å². The van der Waals surface area contributed by atoms with Crippen molar-refractivity contribution in [3.05, 3.63) is 52.8 Å². The van der Waals surface area contributed by atoms with Crippen LogP contribution in [0.15, 0.2) is 36.5 Å². The third-order valence-electron chi connectivity index (χ3n) is 2.97. The molecule has 1 aromatic carbocycles. The van der Waals surface area contributed by atoms with E-state index in [9.17, 15) is 0 Å². The summed E-state index contributed by atoms with van der Waals surface area (Å²) in [5.74, 6) is 1.54. The Morgan fingerprint density at radius 1 is 1.11 bits per heavy atom. The molecule has 0 saturated heterocycles. The van der Waals surface area contributed by atoms with Crippen molar-refractivity contribution < 1.29 is 4.74 Å². The highest BCUT2D eigenvalue weighted by Gasteiger charge is 2.13. The second kappa shape index (κ2) is 5.22. The first-order chi connectivity index (χ1) is 8.86. The van der Waals surface area contributed by atoms with Crippen molar-refractivity contribution in [1.29, 1.82) is 0 Å². The van der Waals surface area contributed by atoms with Gasteiger partial charge in [-0.3, -0.25) is 0 Å². The molecular formula is C16H18ClNO. The van der Waals surface area contributed by atoms with Gasteiger partial charge in [0.25, 0.3) is 0 Å². The lowest BCUT2D eigenvalue weighted by atomic mass is 9.87. The second-order valence-corrected chi connectivity index (χ2v) is 6.04. The summed E-state index contributed by atoms with van der Waals surface area (Å²) < 4.78 is 5.83. The summed E-state index contributed by atoms with van der Waals surface area (Å²) in [4.78, 5) is 4.01. The molecule has 1 aromatic heterocycles. The zero-order chi connectivity index (χ0) is 14.0. The average Bonchev–Trinajstić information content (AvgIpc) is 2.33. The molecule has 3 heteroatoms. The Balaban J connectivity index is 2.22. The second-order valence-electron chi connectivity index (χ2n) is 5.65. The Morgan fingerprint density at radius 3 is 2.32 bits per heavy atom. The minimum Gasteiger partial charge on any atom is -0.457 e. The summed E-state index contributed by atoms with van der Waals surface area (Å²) in [7, 11) is 0. The minimum absolute atomic E-state index is 0.147. The molecular weight excluding hydrogens is 258 g/mol. The molecule has 0 fully saturated rings. The van der Waals surface area contributed by atoms with Crippen molar-refractivity contribution >= 4 is 11.6 Å². The summed E-state index contributed by atoms with van der Waals surface area (Å²) >= 11 is 5.88. The predicted octanol–water partition coefficient (Wildman–Crippen LogP) is 5.13. The predicted molar refractivity (Wildman–Crippen MR) is 79.2 cm³/mol. The number of benzene rings is 1. The molecule has 2 nitrogen and oxygen atoms in total. The van der Waals surface area contributed by atoms with E-state index in [0.29, 0.717) is 5.15 Å². The molecule has 19 heavy (non-hydrogen) atoms. The lowest BCUT2D eigenvalue weighted by Crippen LogP contribution is -2.10. The van der Waals surface area contributed by atoms with E-state index < -0.39 is 0 Å². The van der Waals surface area contributed by atoms with Gasteiger partial charge in [-0.25, -0.2) is 4.98 Å². The van der Waals surface area contributed by atoms with Crippen LogP contribution in [0.4, 0.5) is 0 Å². The maximum Gasteiger partial charge on any atom is 0.134 e. The van der Waals surface area contributed by atoms with E-state index in [0.717, 1.165) is 17.1 Å². The van der Waals surface area contributed by atoms with Crippen LogP contribution < -0.4 is 4.74 Å². The van der Waals surface area contributed by atoms with Crippen LogP contribution >= 0.6 is 11.6 Å². The normalized spacial score (nSPS) is 11.4. The van der Waals surface area contributed by atoms with Gasteiger partial charge in [0.2, 0.25) is 0 Å². The molecule has 0 spiro atoms. The van der Waals surface area contributed by atoms with Gasteiger partial charge in [0.15, 0.2) is 0 Å². The summed E-state index contributed by atoms with van der Waals surface area (Å²) in [5, 5.41) is 0.437. The highest BCUT2D eigenvalue weighted by molar-refractivity contribution is 6.29. The van der Waals surface area contributed by atoms with Gasteiger partial charge in [-0.15, -0.1) is 0 Å². The molecule has 2 aromatic rings. The van der Waals surface area contributed by atoms with E-state index in [1.54, 1.807) is 12.3 Å². The van der Waals surface area contributed by atoms with E-state index in [4.69, 9.17) is 16.3 Å². The number of rotatable bonds is 2. The van der Waals surface area contributed by atoms with Gasteiger partial charge in [-0.05, 0) is 30.0 Å². The Labute approximate surface area is 119 Å². The zero-order valence-electron chi connectivity index (χ0n) is 11.7. The number of hydrogen-bond acceptors (Lipinski definition) is 2. The van der Waals surface area contributed by atoms with Crippen LogP contribution in [0.1, 0.15) is 31.9 Å². The number of aromatic nitrogens is 1. The third-order valence-corrected chi connectivity index (χ3v) is 3.18. The number of hydrogen-bond donors (Lipinski definition) is 0. The average molecular weight is 276 g/mol. The molecule has 0 amide bonds. The first-order valence-corrected chi connectivity index (χ1v) is 6.64. The fourth-order valence-corrected chi connectivity index (χ4v) is 1.89. The quantitative estimate of drug-likeness (QED) is 0.709. The van der Waals surface area contributed by atoms with Crippen LogP contribution in [0.25, 0.3) is 0 Å². The van der Waals surface area contributed by atoms with Crippen LogP contribution in [0, 0.1) is 6.92 Å². The molecule has 0 N–H and O–H groups in total. The summed E-state index contributed by atoms with van der Waals surface area (Å²) in [6.45, 7) is 8.52. The van der Waals surface area contributed by atoms with Crippen LogP contribution in [0.3, 0.4) is 0 Å². The number of aryl methyl sites for hydroxylation is 1. The van der Waals surface area contributed by atoms with Gasteiger partial charge in [0, 0.05) is 17.8 Å². The Hall–Kier alpha value is -1.54. The highest BCUT2D eigenvalue weighted by atomic mass is 35.5. The fraction of sp³-hybridized carbons (Fsp3) is 0.312. The van der Waals surface area contributed by atoms with Crippen molar-refractivity contribution in [3.8, 4) is 11.5 Å². The maximum atomic E-state index is 5.88. The number of nitrogens with zero attached hydrogens (tertiary/aromatic N) is 1. The number of pyridine rings is 1. The lowest BCUT2D eigenvalue weighted by Gasteiger charge is -2.19. The maximum absolute atomic E-state index is 5.88. The molecule has 1 heterocycles. The smallest absolute Gasteiger partial charge is 0.134 e. The number of halogens is 1. The van der Waals surface area contributed by atoms with Crippen molar-refractivity contribution in [3.63, 3.8) is 0 Å². The Morgan fingerprint density at radius 2 is 1.74 bits per heavy atom. The van der Waals surface area contributed by atoms with Crippen LogP contribution in [0.5, 0.6) is 11.5 Å². The molecule has 0 aliphatic rings. The molecule has 0 aliphatic carbocycles. The van der Waals surface area contributed by atoms with E-state index in [1.165, 1.54) is 5.56 Å². The first-order valence-electron chi connectivity index (χ1n) is 6.27. The lowest BCUT2D eigenvalue weighted by molar-refractivity contribution is 0.477.